The van der Waals surface area contributed by atoms with E-state index in [1.54, 1.807) is 27.7 Å². The number of rotatable bonds is 4. The number of aliphatic imine (C=N–C) groups is 1. The molecular formula is C10H15NOS3. The highest BCUT2D eigenvalue weighted by molar-refractivity contribution is 8.83. The molecule has 15 heavy (non-hydrogen) atoms. The van der Waals surface area contributed by atoms with Crippen molar-refractivity contribution in [3.8, 4) is 0 Å². The highest BCUT2D eigenvalue weighted by atomic mass is 33.1. The fraction of sp³-hybridized carbons (Fsp3) is 0.600. The molecule has 1 rings (SSSR count). The Labute approximate surface area is 104 Å². The van der Waals surface area contributed by atoms with E-state index in [9.17, 15) is 4.79 Å². The average molecular weight is 261 g/mol. The summed E-state index contributed by atoms with van der Waals surface area (Å²) in [4.78, 5) is 15.6. The molecule has 0 aromatic rings. The highest BCUT2D eigenvalue weighted by Gasteiger charge is 2.13. The summed E-state index contributed by atoms with van der Waals surface area (Å²) >= 11 is 4.16. The lowest BCUT2D eigenvalue weighted by atomic mass is 10.2. The van der Waals surface area contributed by atoms with Gasteiger partial charge in [0.05, 0.1) is 5.04 Å². The Hall–Kier alpha value is 0.130. The van der Waals surface area contributed by atoms with Gasteiger partial charge in [0.15, 0.2) is 0 Å². The summed E-state index contributed by atoms with van der Waals surface area (Å²) in [6.07, 6.45) is 6.17. The van der Waals surface area contributed by atoms with Crippen LogP contribution in [0.15, 0.2) is 16.5 Å². The van der Waals surface area contributed by atoms with Crippen LogP contribution in [0.2, 0.25) is 0 Å². The standard InChI is InChI=1S/C10H15NOS3/c1-2-3-4-5-9-11-10(12)8(13)6-7-14-15-9/h6-8,13H,2-5H2,1H3/b7-6-,11-9?. The Morgan fingerprint density at radius 2 is 2.33 bits per heavy atom. The van der Waals surface area contributed by atoms with Gasteiger partial charge < -0.3 is 0 Å². The first kappa shape index (κ1) is 13.2. The predicted molar refractivity (Wildman–Crippen MR) is 73.7 cm³/mol. The molecule has 2 nitrogen and oxygen atoms in total. The van der Waals surface area contributed by atoms with Gasteiger partial charge in [-0.3, -0.25) is 4.79 Å². The van der Waals surface area contributed by atoms with Crippen LogP contribution in [0.5, 0.6) is 0 Å². The van der Waals surface area contributed by atoms with Crippen LogP contribution >= 0.6 is 34.2 Å². The lowest BCUT2D eigenvalue weighted by Crippen LogP contribution is -2.11. The third kappa shape index (κ3) is 5.13. The second kappa shape index (κ2) is 7.41. The molecule has 0 aromatic heterocycles. The van der Waals surface area contributed by atoms with Gasteiger partial charge in [0, 0.05) is 0 Å². The van der Waals surface area contributed by atoms with E-state index >= 15 is 0 Å². The van der Waals surface area contributed by atoms with E-state index in [1.165, 1.54) is 12.8 Å². The second-order valence-electron chi connectivity index (χ2n) is 3.25. The van der Waals surface area contributed by atoms with Crippen LogP contribution in [0.1, 0.15) is 32.6 Å². The van der Waals surface area contributed by atoms with Crippen molar-refractivity contribution in [2.45, 2.75) is 37.9 Å². The summed E-state index contributed by atoms with van der Waals surface area (Å²) in [7, 11) is 3.18. The molecule has 1 amide bonds. The number of unbranched alkanes of at least 4 members (excludes halogenated alkanes) is 2. The van der Waals surface area contributed by atoms with E-state index in [2.05, 4.69) is 24.5 Å². The minimum absolute atomic E-state index is 0.145. The van der Waals surface area contributed by atoms with Crippen LogP contribution < -0.4 is 0 Å². The molecule has 1 aliphatic rings. The van der Waals surface area contributed by atoms with Gasteiger partial charge in [0.1, 0.15) is 5.25 Å². The van der Waals surface area contributed by atoms with E-state index < -0.39 is 0 Å². The molecule has 0 radical (unpaired) electrons. The van der Waals surface area contributed by atoms with Crippen LogP contribution in [0.25, 0.3) is 0 Å². The maximum atomic E-state index is 11.5. The molecule has 1 unspecified atom stereocenters. The summed E-state index contributed by atoms with van der Waals surface area (Å²) in [5.74, 6) is -0.145. The molecule has 84 valence electrons. The van der Waals surface area contributed by atoms with Crippen LogP contribution in [0, 0.1) is 0 Å². The van der Waals surface area contributed by atoms with E-state index in [0.717, 1.165) is 17.9 Å². The molecule has 5 heteroatoms. The summed E-state index contributed by atoms with van der Waals surface area (Å²) in [6, 6.07) is 0. The summed E-state index contributed by atoms with van der Waals surface area (Å²) in [5, 5.41) is 2.47. The first-order chi connectivity index (χ1) is 7.24. The zero-order valence-corrected chi connectivity index (χ0v) is 11.2. The molecule has 1 atom stereocenters. The van der Waals surface area contributed by atoms with Crippen molar-refractivity contribution in [3.63, 3.8) is 0 Å². The monoisotopic (exact) mass is 261 g/mol. The molecule has 1 aliphatic heterocycles. The van der Waals surface area contributed by atoms with Crippen LogP contribution in [0.4, 0.5) is 0 Å². The first-order valence-corrected chi connectivity index (χ1v) is 7.76. The summed E-state index contributed by atoms with van der Waals surface area (Å²) in [5.41, 5.74) is 0. The minimum atomic E-state index is -0.375. The third-order valence-corrected chi connectivity index (χ3v) is 4.39. The molecular weight excluding hydrogens is 246 g/mol. The Morgan fingerprint density at radius 1 is 1.53 bits per heavy atom. The van der Waals surface area contributed by atoms with Gasteiger partial charge in [-0.2, -0.15) is 12.6 Å². The van der Waals surface area contributed by atoms with Crippen molar-refractivity contribution < 1.29 is 4.79 Å². The van der Waals surface area contributed by atoms with Gasteiger partial charge in [-0.25, -0.2) is 4.99 Å². The number of carbonyl (C=O) groups excluding carboxylic acids is 1. The fourth-order valence-corrected chi connectivity index (χ4v) is 3.16. The molecule has 0 bridgehead atoms. The Morgan fingerprint density at radius 3 is 3.07 bits per heavy atom. The number of carbonyl (C=O) groups is 1. The van der Waals surface area contributed by atoms with Crippen molar-refractivity contribution >= 4 is 45.2 Å². The van der Waals surface area contributed by atoms with Gasteiger partial charge in [-0.05, 0) is 29.0 Å². The average Bonchev–Trinajstić information content (AvgIpc) is 2.21. The van der Waals surface area contributed by atoms with E-state index in [-0.39, 0.29) is 11.2 Å². The predicted octanol–water partition coefficient (Wildman–Crippen LogP) is 3.70. The van der Waals surface area contributed by atoms with Crippen molar-refractivity contribution in [1.82, 2.24) is 0 Å². The normalized spacial score (nSPS) is 24.3. The van der Waals surface area contributed by atoms with E-state index in [1.807, 2.05) is 5.41 Å². The molecule has 0 saturated carbocycles. The molecule has 0 fully saturated rings. The smallest absolute Gasteiger partial charge is 0.263 e. The van der Waals surface area contributed by atoms with Crippen molar-refractivity contribution in [1.29, 1.82) is 0 Å². The minimum Gasteiger partial charge on any atom is -0.271 e. The Kier molecular flexibility index (Phi) is 6.52. The highest BCUT2D eigenvalue weighted by Crippen LogP contribution is 2.29. The number of hydrogen-bond acceptors (Lipinski definition) is 4. The van der Waals surface area contributed by atoms with Crippen molar-refractivity contribution in [2.24, 2.45) is 4.99 Å². The maximum absolute atomic E-state index is 11.5. The SMILES string of the molecule is CCCCCC1=NC(=O)C(S)/C=C\SS1. The Bertz CT molecular complexity index is 276. The Balaban J connectivity index is 2.51. The topological polar surface area (TPSA) is 29.4 Å². The van der Waals surface area contributed by atoms with Gasteiger partial charge in [-0.15, -0.1) is 0 Å². The maximum Gasteiger partial charge on any atom is 0.263 e. The van der Waals surface area contributed by atoms with E-state index in [4.69, 9.17) is 0 Å². The van der Waals surface area contributed by atoms with Gasteiger partial charge in [0.25, 0.3) is 5.91 Å². The van der Waals surface area contributed by atoms with Crippen molar-refractivity contribution in [2.75, 3.05) is 0 Å². The largest absolute Gasteiger partial charge is 0.271 e. The molecule has 0 N–H and O–H groups in total. The quantitative estimate of drug-likeness (QED) is 0.475. The molecule has 0 aromatic carbocycles. The molecule has 0 aliphatic carbocycles. The van der Waals surface area contributed by atoms with Gasteiger partial charge in [0.2, 0.25) is 0 Å². The molecule has 1 heterocycles. The van der Waals surface area contributed by atoms with E-state index in [0.29, 0.717) is 0 Å². The number of nitrogens with zero attached hydrogens (tertiary/aromatic N) is 1. The number of amides is 1. The summed E-state index contributed by atoms with van der Waals surface area (Å²) in [6.45, 7) is 2.17. The first-order valence-electron chi connectivity index (χ1n) is 5.03. The molecule has 0 spiro atoms. The number of hydrogen-bond donors (Lipinski definition) is 1. The van der Waals surface area contributed by atoms with Gasteiger partial charge >= 0.3 is 0 Å². The lowest BCUT2D eigenvalue weighted by Gasteiger charge is -2.08. The van der Waals surface area contributed by atoms with Crippen LogP contribution in [-0.2, 0) is 4.79 Å². The fourth-order valence-electron chi connectivity index (χ4n) is 1.10. The second-order valence-corrected chi connectivity index (χ2v) is 5.99. The zero-order valence-electron chi connectivity index (χ0n) is 8.68. The van der Waals surface area contributed by atoms with Gasteiger partial charge in [-0.1, -0.05) is 36.6 Å². The third-order valence-electron chi connectivity index (χ3n) is 1.94. The van der Waals surface area contributed by atoms with Crippen LogP contribution in [0.3, 0.4) is 0 Å². The molecule has 0 saturated heterocycles. The number of thiol groups is 1. The van der Waals surface area contributed by atoms with Crippen LogP contribution in [-0.4, -0.2) is 16.2 Å². The lowest BCUT2D eigenvalue weighted by molar-refractivity contribution is -0.116. The zero-order chi connectivity index (χ0) is 11.1. The van der Waals surface area contributed by atoms with Crippen molar-refractivity contribution in [3.05, 3.63) is 11.5 Å². The summed E-state index contributed by atoms with van der Waals surface area (Å²) < 4.78 is 0.